The van der Waals surface area contributed by atoms with Crippen LogP contribution in [0.2, 0.25) is 5.02 Å². The maximum absolute atomic E-state index is 8.66. The molecular weight excluding hydrogens is 228 g/mol. The summed E-state index contributed by atoms with van der Waals surface area (Å²) in [6, 6.07) is 5.32. The minimum absolute atomic E-state index is 0.0239. The summed E-state index contributed by atoms with van der Waals surface area (Å²) in [5.74, 6) is 0.381. The lowest BCUT2D eigenvalue weighted by Gasteiger charge is -1.96. The Morgan fingerprint density at radius 1 is 1.56 bits per heavy atom. The Morgan fingerprint density at radius 2 is 2.31 bits per heavy atom. The van der Waals surface area contributed by atoms with Crippen molar-refractivity contribution in [2.24, 2.45) is 10.9 Å². The summed E-state index contributed by atoms with van der Waals surface area (Å²) in [6.07, 6.45) is 0.721. The van der Waals surface area contributed by atoms with Crippen molar-refractivity contribution in [2.45, 2.75) is 13.3 Å². The van der Waals surface area contributed by atoms with E-state index in [1.165, 1.54) is 0 Å². The van der Waals surface area contributed by atoms with Crippen LogP contribution >= 0.6 is 11.6 Å². The number of nitrogens with two attached hydrogens (primary N) is 1. The summed E-state index contributed by atoms with van der Waals surface area (Å²) < 4.78 is 5.52. The zero-order chi connectivity index (χ0) is 11.7. The van der Waals surface area contributed by atoms with Crippen LogP contribution in [0.15, 0.2) is 27.8 Å². The Kier molecular flexibility index (Phi) is 2.75. The van der Waals surface area contributed by atoms with Gasteiger partial charge in [0.2, 0.25) is 5.84 Å². The number of nitrogens with zero attached hydrogens (tertiary/aromatic N) is 1. The standard InChI is InChI=1S/C11H11ClN2O2/c1-2-7-8-5-6(12)3-4-9(8)16-10(7)11(13)14-15/h3-5,15H,2H2,1H3,(H2,13,14). The molecule has 1 aromatic carbocycles. The van der Waals surface area contributed by atoms with Crippen LogP contribution in [0, 0.1) is 0 Å². The lowest BCUT2D eigenvalue weighted by atomic mass is 10.1. The molecule has 16 heavy (non-hydrogen) atoms. The van der Waals surface area contributed by atoms with Crippen LogP contribution in [0.1, 0.15) is 18.2 Å². The van der Waals surface area contributed by atoms with Crippen LogP contribution in [0.5, 0.6) is 0 Å². The lowest BCUT2D eigenvalue weighted by molar-refractivity contribution is 0.317. The predicted molar refractivity (Wildman–Crippen MR) is 63.1 cm³/mol. The maximum atomic E-state index is 8.66. The van der Waals surface area contributed by atoms with E-state index in [9.17, 15) is 0 Å². The fourth-order valence-corrected chi connectivity index (χ4v) is 1.90. The van der Waals surface area contributed by atoms with E-state index in [1.54, 1.807) is 12.1 Å². The Bertz CT molecular complexity index is 560. The van der Waals surface area contributed by atoms with Gasteiger partial charge >= 0.3 is 0 Å². The van der Waals surface area contributed by atoms with Crippen molar-refractivity contribution >= 4 is 28.4 Å². The molecule has 1 heterocycles. The molecule has 0 aliphatic carbocycles. The highest BCUT2D eigenvalue weighted by Crippen LogP contribution is 2.28. The second kappa shape index (κ2) is 4.06. The smallest absolute Gasteiger partial charge is 0.206 e. The van der Waals surface area contributed by atoms with E-state index in [1.807, 2.05) is 13.0 Å². The van der Waals surface area contributed by atoms with Gasteiger partial charge in [-0.25, -0.2) is 0 Å². The minimum Gasteiger partial charge on any atom is -0.452 e. The molecule has 2 aromatic rings. The number of benzene rings is 1. The van der Waals surface area contributed by atoms with Crippen LogP contribution in [0.4, 0.5) is 0 Å². The second-order valence-electron chi connectivity index (χ2n) is 3.39. The molecule has 0 fully saturated rings. The van der Waals surface area contributed by atoms with Crippen molar-refractivity contribution in [1.82, 2.24) is 0 Å². The van der Waals surface area contributed by atoms with Crippen LogP contribution in [-0.2, 0) is 6.42 Å². The van der Waals surface area contributed by atoms with Crippen molar-refractivity contribution in [3.63, 3.8) is 0 Å². The molecule has 5 heteroatoms. The van der Waals surface area contributed by atoms with E-state index in [2.05, 4.69) is 5.16 Å². The Hall–Kier alpha value is -1.68. The van der Waals surface area contributed by atoms with E-state index >= 15 is 0 Å². The molecule has 0 radical (unpaired) electrons. The zero-order valence-corrected chi connectivity index (χ0v) is 9.45. The molecule has 0 atom stereocenters. The number of hydrogen-bond acceptors (Lipinski definition) is 3. The third-order valence-corrected chi connectivity index (χ3v) is 2.68. The summed E-state index contributed by atoms with van der Waals surface area (Å²) >= 11 is 5.92. The van der Waals surface area contributed by atoms with E-state index in [-0.39, 0.29) is 5.84 Å². The quantitative estimate of drug-likeness (QED) is 0.366. The van der Waals surface area contributed by atoms with Gasteiger partial charge in [0.25, 0.3) is 0 Å². The normalized spacial score (nSPS) is 12.2. The molecule has 1 aromatic heterocycles. The number of hydrogen-bond donors (Lipinski definition) is 2. The SMILES string of the molecule is CCc1c(/C(N)=N/O)oc2ccc(Cl)cc12. The fraction of sp³-hybridized carbons (Fsp3) is 0.182. The van der Waals surface area contributed by atoms with Gasteiger partial charge in [0, 0.05) is 16.0 Å². The van der Waals surface area contributed by atoms with E-state index in [4.69, 9.17) is 27.0 Å². The van der Waals surface area contributed by atoms with Crippen molar-refractivity contribution in [3.8, 4) is 0 Å². The number of halogens is 1. The average molecular weight is 239 g/mol. The number of rotatable bonds is 2. The van der Waals surface area contributed by atoms with Gasteiger partial charge in [0.1, 0.15) is 5.58 Å². The first kappa shape index (κ1) is 10.8. The average Bonchev–Trinajstić information content (AvgIpc) is 2.65. The highest BCUT2D eigenvalue weighted by Gasteiger charge is 2.16. The molecule has 0 aliphatic rings. The predicted octanol–water partition coefficient (Wildman–Crippen LogP) is 2.74. The third-order valence-electron chi connectivity index (χ3n) is 2.45. The third kappa shape index (κ3) is 1.61. The summed E-state index contributed by atoms with van der Waals surface area (Å²) in [7, 11) is 0. The summed E-state index contributed by atoms with van der Waals surface area (Å²) in [6.45, 7) is 1.97. The first-order chi connectivity index (χ1) is 7.67. The number of furan rings is 1. The van der Waals surface area contributed by atoms with E-state index in [0.29, 0.717) is 16.4 Å². The second-order valence-corrected chi connectivity index (χ2v) is 3.83. The van der Waals surface area contributed by atoms with Gasteiger partial charge in [-0.15, -0.1) is 0 Å². The zero-order valence-electron chi connectivity index (χ0n) is 8.70. The van der Waals surface area contributed by atoms with Crippen molar-refractivity contribution in [3.05, 3.63) is 34.5 Å². The van der Waals surface area contributed by atoms with Crippen molar-refractivity contribution in [1.29, 1.82) is 0 Å². The molecule has 0 unspecified atom stereocenters. The van der Waals surface area contributed by atoms with Gasteiger partial charge in [0.15, 0.2) is 5.76 Å². The van der Waals surface area contributed by atoms with Gasteiger partial charge < -0.3 is 15.4 Å². The Labute approximate surface area is 97.3 Å². The maximum Gasteiger partial charge on any atom is 0.206 e. The first-order valence-corrected chi connectivity index (χ1v) is 5.24. The largest absolute Gasteiger partial charge is 0.452 e. The highest BCUT2D eigenvalue weighted by molar-refractivity contribution is 6.31. The summed E-state index contributed by atoms with van der Waals surface area (Å²) in [5.41, 5.74) is 7.13. The number of oxime groups is 1. The Balaban J connectivity index is 2.76. The molecule has 0 saturated heterocycles. The van der Waals surface area contributed by atoms with Crippen molar-refractivity contribution < 1.29 is 9.62 Å². The molecule has 0 spiro atoms. The molecule has 0 amide bonds. The Morgan fingerprint density at radius 3 is 2.94 bits per heavy atom. The van der Waals surface area contributed by atoms with Crippen LogP contribution in [0.25, 0.3) is 11.0 Å². The molecule has 0 aliphatic heterocycles. The highest BCUT2D eigenvalue weighted by atomic mass is 35.5. The summed E-state index contributed by atoms with van der Waals surface area (Å²) in [4.78, 5) is 0. The number of amidine groups is 1. The molecule has 0 saturated carbocycles. The number of fused-ring (bicyclic) bond motifs is 1. The van der Waals surface area contributed by atoms with Gasteiger partial charge in [0.05, 0.1) is 0 Å². The van der Waals surface area contributed by atoms with E-state index < -0.39 is 0 Å². The van der Waals surface area contributed by atoms with Gasteiger partial charge in [-0.3, -0.25) is 0 Å². The lowest BCUT2D eigenvalue weighted by Crippen LogP contribution is -2.13. The minimum atomic E-state index is -0.0239. The molecule has 4 nitrogen and oxygen atoms in total. The van der Waals surface area contributed by atoms with Crippen molar-refractivity contribution in [2.75, 3.05) is 0 Å². The van der Waals surface area contributed by atoms with Crippen LogP contribution < -0.4 is 5.73 Å². The summed E-state index contributed by atoms with van der Waals surface area (Å²) in [5, 5.41) is 13.2. The fourth-order valence-electron chi connectivity index (χ4n) is 1.72. The van der Waals surface area contributed by atoms with Crippen LogP contribution in [-0.4, -0.2) is 11.0 Å². The molecule has 2 rings (SSSR count). The van der Waals surface area contributed by atoms with Crippen LogP contribution in [0.3, 0.4) is 0 Å². The molecular formula is C11H11ClN2O2. The van der Waals surface area contributed by atoms with Gasteiger partial charge in [-0.05, 0) is 24.6 Å². The van der Waals surface area contributed by atoms with Gasteiger partial charge in [-0.2, -0.15) is 0 Å². The first-order valence-electron chi connectivity index (χ1n) is 4.86. The molecule has 0 bridgehead atoms. The topological polar surface area (TPSA) is 71.8 Å². The monoisotopic (exact) mass is 238 g/mol. The number of aryl methyl sites for hydroxylation is 1. The molecule has 3 N–H and O–H groups in total. The molecule has 84 valence electrons. The van der Waals surface area contributed by atoms with Gasteiger partial charge in [-0.1, -0.05) is 23.7 Å². The van der Waals surface area contributed by atoms with E-state index in [0.717, 1.165) is 17.4 Å².